The lowest BCUT2D eigenvalue weighted by Gasteiger charge is -2.16. The smallest absolute Gasteiger partial charge is 0.260 e. The van der Waals surface area contributed by atoms with E-state index in [2.05, 4.69) is 27.6 Å². The molecule has 1 atom stereocenters. The van der Waals surface area contributed by atoms with Crippen LogP contribution in [0.2, 0.25) is 0 Å². The highest BCUT2D eigenvalue weighted by atomic mass is 32.1. The molecule has 2 aromatic heterocycles. The Morgan fingerprint density at radius 2 is 2.40 bits per heavy atom. The van der Waals surface area contributed by atoms with Gasteiger partial charge in [0.15, 0.2) is 5.82 Å². The first-order valence-electron chi connectivity index (χ1n) is 6.58. The molecule has 5 nitrogen and oxygen atoms in total. The minimum Gasteiger partial charge on any atom is -0.334 e. The lowest BCUT2D eigenvalue weighted by Crippen LogP contribution is -2.23. The maximum absolute atomic E-state index is 12.2. The Morgan fingerprint density at radius 3 is 3.10 bits per heavy atom. The minimum absolute atomic E-state index is 0.0550. The molecule has 0 spiro atoms. The predicted octanol–water partition coefficient (Wildman–Crippen LogP) is 3.40. The third-order valence-corrected chi connectivity index (χ3v) is 4.13. The van der Waals surface area contributed by atoms with E-state index in [4.69, 9.17) is 4.52 Å². The molecule has 20 heavy (non-hydrogen) atoms. The summed E-state index contributed by atoms with van der Waals surface area (Å²) in [5, 5.41) is 9.44. The van der Waals surface area contributed by atoms with Crippen LogP contribution in [-0.2, 0) is 4.79 Å². The van der Waals surface area contributed by atoms with Crippen LogP contribution in [0.25, 0.3) is 11.5 Å². The Hall–Kier alpha value is -1.95. The van der Waals surface area contributed by atoms with Crippen LogP contribution < -0.4 is 5.32 Å². The van der Waals surface area contributed by atoms with Gasteiger partial charge in [-0.15, -0.1) is 11.3 Å². The van der Waals surface area contributed by atoms with E-state index in [-0.39, 0.29) is 11.8 Å². The van der Waals surface area contributed by atoms with Gasteiger partial charge in [0.25, 0.3) is 5.89 Å². The summed E-state index contributed by atoms with van der Waals surface area (Å²) in [5.74, 6) is 1.15. The quantitative estimate of drug-likeness (QED) is 0.879. The largest absolute Gasteiger partial charge is 0.334 e. The Labute approximate surface area is 120 Å². The van der Waals surface area contributed by atoms with Gasteiger partial charge >= 0.3 is 0 Å². The van der Waals surface area contributed by atoms with Gasteiger partial charge in [0, 0.05) is 5.92 Å². The number of aromatic nitrogens is 2. The van der Waals surface area contributed by atoms with Crippen molar-refractivity contribution in [3.05, 3.63) is 29.4 Å². The molecule has 104 valence electrons. The topological polar surface area (TPSA) is 68.0 Å². The first-order chi connectivity index (χ1) is 9.74. The van der Waals surface area contributed by atoms with E-state index < -0.39 is 0 Å². The molecule has 6 heteroatoms. The molecule has 0 saturated carbocycles. The average Bonchev–Trinajstić information content (AvgIpc) is 3.08. The van der Waals surface area contributed by atoms with Crippen LogP contribution >= 0.6 is 11.3 Å². The van der Waals surface area contributed by atoms with Crippen molar-refractivity contribution in [2.45, 2.75) is 26.2 Å². The van der Waals surface area contributed by atoms with Crippen LogP contribution in [0.4, 0.5) is 5.00 Å². The van der Waals surface area contributed by atoms with Gasteiger partial charge in [-0.1, -0.05) is 17.3 Å². The molecule has 1 aliphatic rings. The van der Waals surface area contributed by atoms with Crippen LogP contribution in [0.5, 0.6) is 0 Å². The number of hydrogen-bond acceptors (Lipinski definition) is 5. The van der Waals surface area contributed by atoms with E-state index in [0.717, 1.165) is 29.8 Å². The van der Waals surface area contributed by atoms with Gasteiger partial charge in [0.1, 0.15) is 5.00 Å². The summed E-state index contributed by atoms with van der Waals surface area (Å²) < 4.78 is 5.16. The molecule has 0 radical (unpaired) electrons. The van der Waals surface area contributed by atoms with Crippen LogP contribution in [0.3, 0.4) is 0 Å². The number of carbonyl (C=O) groups is 1. The summed E-state index contributed by atoms with van der Waals surface area (Å²) in [6, 6.07) is 1.88. The maximum Gasteiger partial charge on any atom is 0.260 e. The van der Waals surface area contributed by atoms with Gasteiger partial charge in [-0.2, -0.15) is 4.98 Å². The van der Waals surface area contributed by atoms with Gasteiger partial charge in [-0.3, -0.25) is 4.79 Å². The lowest BCUT2D eigenvalue weighted by atomic mass is 9.94. The number of aryl methyl sites for hydroxylation is 1. The zero-order chi connectivity index (χ0) is 13.9. The Kier molecular flexibility index (Phi) is 3.64. The summed E-state index contributed by atoms with van der Waals surface area (Å²) in [7, 11) is 0. The van der Waals surface area contributed by atoms with Gasteiger partial charge in [0.05, 0.1) is 5.56 Å². The number of thiophene rings is 1. The van der Waals surface area contributed by atoms with Gasteiger partial charge in [-0.05, 0) is 37.6 Å². The molecule has 3 rings (SSSR count). The standard InChI is InChI=1S/C14H15N3O2S/c1-9-15-13(19-17-9)11-7-8-20-14(11)16-12(18)10-5-3-2-4-6-10/h2-3,7-8,10H,4-6H2,1H3,(H,16,18)/t10-/m0/s1. The summed E-state index contributed by atoms with van der Waals surface area (Å²) in [6.45, 7) is 1.77. The molecule has 0 bridgehead atoms. The fourth-order valence-electron chi connectivity index (χ4n) is 2.23. The van der Waals surface area contributed by atoms with Crippen molar-refractivity contribution in [1.82, 2.24) is 10.1 Å². The Morgan fingerprint density at radius 1 is 1.50 bits per heavy atom. The van der Waals surface area contributed by atoms with E-state index in [1.165, 1.54) is 11.3 Å². The second-order valence-corrected chi connectivity index (χ2v) is 5.70. The van der Waals surface area contributed by atoms with Crippen molar-refractivity contribution in [3.8, 4) is 11.5 Å². The van der Waals surface area contributed by atoms with Crippen LogP contribution in [0.1, 0.15) is 25.1 Å². The molecular weight excluding hydrogens is 274 g/mol. The Balaban J connectivity index is 1.76. The number of rotatable bonds is 3. The zero-order valence-corrected chi connectivity index (χ0v) is 11.9. The Bertz CT molecular complexity index is 644. The molecule has 0 unspecified atom stereocenters. The molecule has 0 saturated heterocycles. The normalized spacial score (nSPS) is 18.1. The molecule has 0 fully saturated rings. The van der Waals surface area contributed by atoms with Crippen molar-refractivity contribution < 1.29 is 9.32 Å². The molecule has 1 aliphatic carbocycles. The van der Waals surface area contributed by atoms with Crippen molar-refractivity contribution >= 4 is 22.2 Å². The van der Waals surface area contributed by atoms with E-state index in [1.54, 1.807) is 6.92 Å². The van der Waals surface area contributed by atoms with E-state index >= 15 is 0 Å². The molecule has 0 aromatic carbocycles. The van der Waals surface area contributed by atoms with Crippen molar-refractivity contribution in [2.24, 2.45) is 5.92 Å². The third-order valence-electron chi connectivity index (χ3n) is 3.30. The third kappa shape index (κ3) is 2.65. The number of nitrogens with zero attached hydrogens (tertiary/aromatic N) is 2. The fraction of sp³-hybridized carbons (Fsp3) is 0.357. The summed E-state index contributed by atoms with van der Waals surface area (Å²) in [5.41, 5.74) is 0.787. The maximum atomic E-state index is 12.2. The summed E-state index contributed by atoms with van der Waals surface area (Å²) in [4.78, 5) is 16.4. The monoisotopic (exact) mass is 289 g/mol. The van der Waals surface area contributed by atoms with Crippen LogP contribution in [0.15, 0.2) is 28.1 Å². The predicted molar refractivity (Wildman–Crippen MR) is 77.5 cm³/mol. The average molecular weight is 289 g/mol. The SMILES string of the molecule is Cc1noc(-c2ccsc2NC(=O)[C@H]2CC=CCC2)n1. The van der Waals surface area contributed by atoms with Gasteiger partial charge < -0.3 is 9.84 Å². The van der Waals surface area contributed by atoms with Crippen LogP contribution in [-0.4, -0.2) is 16.0 Å². The molecular formula is C14H15N3O2S. The highest BCUT2D eigenvalue weighted by molar-refractivity contribution is 7.15. The number of nitrogens with one attached hydrogen (secondary N) is 1. The van der Waals surface area contributed by atoms with E-state index in [1.807, 2.05) is 11.4 Å². The molecule has 2 heterocycles. The van der Waals surface area contributed by atoms with Gasteiger partial charge in [-0.25, -0.2) is 0 Å². The zero-order valence-electron chi connectivity index (χ0n) is 11.1. The second-order valence-electron chi connectivity index (χ2n) is 4.78. The summed E-state index contributed by atoms with van der Waals surface area (Å²) in [6.07, 6.45) is 6.89. The van der Waals surface area contributed by atoms with Crippen molar-refractivity contribution in [3.63, 3.8) is 0 Å². The number of allylic oxidation sites excluding steroid dienone is 2. The molecule has 1 amide bonds. The van der Waals surface area contributed by atoms with Gasteiger partial charge in [0.2, 0.25) is 5.91 Å². The van der Waals surface area contributed by atoms with Crippen LogP contribution in [0, 0.1) is 12.8 Å². The number of carbonyl (C=O) groups excluding carboxylic acids is 1. The minimum atomic E-state index is 0.0550. The fourth-order valence-corrected chi connectivity index (χ4v) is 3.01. The number of hydrogen-bond donors (Lipinski definition) is 1. The number of amides is 1. The second kappa shape index (κ2) is 5.58. The van der Waals surface area contributed by atoms with Crippen molar-refractivity contribution in [1.29, 1.82) is 0 Å². The summed E-state index contributed by atoms with van der Waals surface area (Å²) >= 11 is 1.47. The van der Waals surface area contributed by atoms with E-state index in [9.17, 15) is 4.79 Å². The first-order valence-corrected chi connectivity index (χ1v) is 7.46. The molecule has 1 N–H and O–H groups in total. The number of anilines is 1. The molecule has 0 aliphatic heterocycles. The first kappa shape index (κ1) is 13.1. The van der Waals surface area contributed by atoms with Crippen molar-refractivity contribution in [2.75, 3.05) is 5.32 Å². The lowest BCUT2D eigenvalue weighted by molar-refractivity contribution is -0.120. The highest BCUT2D eigenvalue weighted by Crippen LogP contribution is 2.33. The van der Waals surface area contributed by atoms with E-state index in [0.29, 0.717) is 11.7 Å². The molecule has 2 aromatic rings. The highest BCUT2D eigenvalue weighted by Gasteiger charge is 2.21.